The van der Waals surface area contributed by atoms with Crippen LogP contribution < -0.4 is 0 Å². The largest absolute Gasteiger partial charge is 0.411 e. The number of hydrogen-bond acceptors (Lipinski definition) is 11. The predicted octanol–water partition coefficient (Wildman–Crippen LogP) is 24.8. The summed E-state index contributed by atoms with van der Waals surface area (Å²) in [6, 6.07) is 0. The fourth-order valence-electron chi connectivity index (χ4n) is 6.10. The second-order valence-corrected chi connectivity index (χ2v) is 38.5. The van der Waals surface area contributed by atoms with Crippen molar-refractivity contribution < 1.29 is 118 Å². The summed E-state index contributed by atoms with van der Waals surface area (Å²) < 4.78 is 234. The van der Waals surface area contributed by atoms with Crippen LogP contribution in [0, 0.1) is 23.2 Å². The molecule has 1 saturated heterocycles. The summed E-state index contributed by atoms with van der Waals surface area (Å²) in [7, 11) is 0. The van der Waals surface area contributed by atoms with Crippen LogP contribution in [0.25, 0.3) is 0 Å². The molecule has 11 nitrogen and oxygen atoms in total. The van der Waals surface area contributed by atoms with Crippen LogP contribution in [0.5, 0.6) is 0 Å². The maximum Gasteiger partial charge on any atom is 0.411 e. The standard InChI is InChI=1S/C8H14F2O.C8H15FO.C8H16O2.C8H16O.C7H12F4O.C7H14F2O.C7H13FO.C7H14O.C7H14.C6H11F3O.C6H12F2O/c1-7(2,3)11-5-6-4-8(6,9)10;1-7(2,3)10-6-8(9)4-5-8;1-8(2,3)10-6-7-4-5-9-7;1-8(2,3)9-6-7-4-5-7;1-6(2,3)12-4-7(10,11)5(8)9;1-6(2,3)10-5-7(4,8)9;1-6(8)5-9-7(2,3)4;1-7(2,3)8-6-4-5-6;1-7(2,3)6-4-5-6;1-5(2,3)10-4-6(7,8)9;1-6(2,3)9-4-5(7)8/h6H,4-5H2,1-3H3;4-6H2,1-3H3;7H,4-6H2,1-3H3;7H,4-6H2,1-3H3;5H,4H2,1-3H3;5H2,1-4H3;1,5H2,2-4H3;6H,4-5H2,1-3H3;6H,4-5H2,1-3H3;4H2,1-3H3;5H,4H2,1-3H3. The second-order valence-electron chi connectivity index (χ2n) is 38.5. The van der Waals surface area contributed by atoms with E-state index in [-0.39, 0.29) is 59.8 Å². The molecule has 0 N–H and O–H groups in total. The van der Waals surface area contributed by atoms with Gasteiger partial charge in [0.15, 0.2) is 0 Å². The average molecular weight is 1560 g/mol. The molecule has 2 unspecified atom stereocenters. The third-order valence-corrected chi connectivity index (χ3v) is 12.8. The van der Waals surface area contributed by atoms with Crippen LogP contribution in [0.15, 0.2) is 12.4 Å². The van der Waals surface area contributed by atoms with E-state index in [0.29, 0.717) is 30.5 Å². The van der Waals surface area contributed by atoms with E-state index in [1.807, 2.05) is 62.3 Å². The number of alkyl halides is 14. The van der Waals surface area contributed by atoms with Crippen molar-refractivity contribution in [3.63, 3.8) is 0 Å². The molecule has 105 heavy (non-hydrogen) atoms. The number of halogens is 15. The number of ether oxygens (including phenoxy) is 11. The Kier molecular flexibility index (Phi) is 50.1. The van der Waals surface area contributed by atoms with Crippen LogP contribution in [0.1, 0.15) is 300 Å². The Morgan fingerprint density at radius 2 is 0.781 bits per heavy atom. The van der Waals surface area contributed by atoms with Gasteiger partial charge in [0, 0.05) is 20.0 Å². The molecule has 0 bridgehead atoms. The molecule has 0 radical (unpaired) electrons. The lowest BCUT2D eigenvalue weighted by Gasteiger charge is -2.29. The monoisotopic (exact) mass is 1560 g/mol. The molecule has 1 aliphatic heterocycles. The van der Waals surface area contributed by atoms with E-state index in [2.05, 4.69) is 99.1 Å². The lowest BCUT2D eigenvalue weighted by Crippen LogP contribution is -2.36. The molecule has 5 aliphatic carbocycles. The van der Waals surface area contributed by atoms with E-state index < -0.39 is 103 Å². The maximum atomic E-state index is 12.9. The Labute approximate surface area is 627 Å². The van der Waals surface area contributed by atoms with Crippen molar-refractivity contribution in [1.82, 2.24) is 0 Å². The molecule has 26 heteroatoms. The highest BCUT2D eigenvalue weighted by molar-refractivity contribution is 4.95. The minimum absolute atomic E-state index is 0.00306. The zero-order valence-electron chi connectivity index (χ0n) is 71.6. The number of rotatable bonds is 19. The second kappa shape index (κ2) is 47.1. The minimum Gasteiger partial charge on any atom is -0.376 e. The Hall–Kier alpha value is -1.75. The summed E-state index contributed by atoms with van der Waals surface area (Å²) in [6.45, 7) is 66.3. The summed E-state index contributed by atoms with van der Waals surface area (Å²) in [5.74, 6) is -8.21. The van der Waals surface area contributed by atoms with Crippen LogP contribution in [0.4, 0.5) is 65.9 Å². The Morgan fingerprint density at radius 1 is 0.429 bits per heavy atom. The van der Waals surface area contributed by atoms with Crippen molar-refractivity contribution in [3.05, 3.63) is 12.4 Å². The first-order valence-corrected chi connectivity index (χ1v) is 36.8. The maximum absolute atomic E-state index is 12.9. The summed E-state index contributed by atoms with van der Waals surface area (Å²) in [6.07, 6.45) is 1.53. The zero-order valence-corrected chi connectivity index (χ0v) is 71.6. The van der Waals surface area contributed by atoms with Gasteiger partial charge in [0.1, 0.15) is 37.9 Å². The quantitative estimate of drug-likeness (QED) is 0.116. The minimum atomic E-state index is -4.22. The van der Waals surface area contributed by atoms with Gasteiger partial charge < -0.3 is 52.1 Å². The topological polar surface area (TPSA) is 102 Å². The van der Waals surface area contributed by atoms with E-state index in [0.717, 1.165) is 45.0 Å². The number of hydrogen-bond donors (Lipinski definition) is 0. The van der Waals surface area contributed by atoms with Crippen LogP contribution >= 0.6 is 0 Å². The molecule has 6 rings (SSSR count). The van der Waals surface area contributed by atoms with Gasteiger partial charge >= 0.3 is 18.5 Å². The van der Waals surface area contributed by atoms with Gasteiger partial charge in [-0.3, -0.25) is 0 Å². The first-order valence-electron chi connectivity index (χ1n) is 36.8. The van der Waals surface area contributed by atoms with Gasteiger partial charge in [-0.25, -0.2) is 43.9 Å². The molecule has 1 heterocycles. The fraction of sp³-hybridized carbons (Fsp3) is 0.975. The van der Waals surface area contributed by atoms with Crippen LogP contribution in [-0.2, 0) is 52.1 Å². The molecule has 6 fully saturated rings. The summed E-state index contributed by atoms with van der Waals surface area (Å²) >= 11 is 0. The molecule has 0 aromatic rings. The van der Waals surface area contributed by atoms with E-state index in [1.54, 1.807) is 62.3 Å². The van der Waals surface area contributed by atoms with Crippen LogP contribution in [0.2, 0.25) is 0 Å². The predicted molar refractivity (Wildman–Crippen MR) is 394 cm³/mol. The van der Waals surface area contributed by atoms with E-state index in [4.69, 9.17) is 42.6 Å². The van der Waals surface area contributed by atoms with Crippen LogP contribution in [0.3, 0.4) is 0 Å². The highest BCUT2D eigenvalue weighted by atomic mass is 19.4. The Bertz CT molecular complexity index is 2080. The van der Waals surface area contributed by atoms with Crippen molar-refractivity contribution >= 4 is 0 Å². The summed E-state index contributed by atoms with van der Waals surface area (Å²) in [4.78, 5) is 0. The lowest BCUT2D eigenvalue weighted by molar-refractivity contribution is -0.196. The molecule has 0 spiro atoms. The van der Waals surface area contributed by atoms with Crippen molar-refractivity contribution in [2.24, 2.45) is 23.2 Å². The Balaban J connectivity index is -0.000000350. The first kappa shape index (κ1) is 112. The van der Waals surface area contributed by atoms with Gasteiger partial charge in [-0.05, 0) is 283 Å². The third kappa shape index (κ3) is 98.3. The van der Waals surface area contributed by atoms with Gasteiger partial charge in [0.25, 0.3) is 18.3 Å². The normalized spacial score (nSPS) is 18.8. The molecule has 638 valence electrons. The van der Waals surface area contributed by atoms with Gasteiger partial charge in [-0.2, -0.15) is 22.0 Å². The van der Waals surface area contributed by atoms with Gasteiger partial charge in [0.2, 0.25) is 0 Å². The third-order valence-electron chi connectivity index (χ3n) is 12.8. The molecule has 5 saturated carbocycles. The smallest absolute Gasteiger partial charge is 0.376 e. The lowest BCUT2D eigenvalue weighted by atomic mass is 9.91. The summed E-state index contributed by atoms with van der Waals surface area (Å²) in [5.41, 5.74) is -3.42. The van der Waals surface area contributed by atoms with Gasteiger partial charge in [-0.15, -0.1) is 0 Å². The molecule has 0 aromatic carbocycles. The van der Waals surface area contributed by atoms with Crippen molar-refractivity contribution in [2.75, 3.05) is 66.1 Å². The molecule has 0 aromatic heterocycles. The summed E-state index contributed by atoms with van der Waals surface area (Å²) in [5, 5.41) is 0. The molecule has 2 atom stereocenters. The average Bonchev–Trinajstić information content (AvgIpc) is 1.64. The fourth-order valence-corrected chi connectivity index (χ4v) is 6.10. The highest BCUT2D eigenvalue weighted by Crippen LogP contribution is 2.49. The SMILES string of the molecule is C=C(F)COC(C)(C)C.CC(C)(C)C1CC1.CC(C)(C)OC1CC1.CC(C)(C)OCC(F)(F)C(F)F.CC(C)(C)OCC(F)(F)F.CC(C)(C)OCC(F)F.CC(C)(C)OCC1(F)CC1.CC(C)(C)OCC1CC1.CC(C)(C)OCC1CC1(F)F.CC(C)(C)OCC1CCO1.CC(F)(F)COC(C)(C)C. The zero-order chi connectivity index (χ0) is 84.5. The highest BCUT2D eigenvalue weighted by Gasteiger charge is 2.57. The van der Waals surface area contributed by atoms with Crippen molar-refractivity contribution in [1.29, 1.82) is 0 Å². The van der Waals surface area contributed by atoms with Gasteiger partial charge in [-0.1, -0.05) is 27.4 Å². The molecular weight excluding hydrogens is 1410 g/mol. The van der Waals surface area contributed by atoms with E-state index >= 15 is 0 Å². The van der Waals surface area contributed by atoms with Gasteiger partial charge in [0.05, 0.1) is 107 Å². The molecule has 0 amide bonds. The van der Waals surface area contributed by atoms with Crippen LogP contribution in [-0.4, -0.2) is 177 Å². The first-order chi connectivity index (χ1) is 46.0. The molecule has 6 aliphatic rings. The van der Waals surface area contributed by atoms with Crippen molar-refractivity contribution in [3.8, 4) is 0 Å². The van der Waals surface area contributed by atoms with E-state index in [9.17, 15) is 65.9 Å². The van der Waals surface area contributed by atoms with E-state index in [1.165, 1.54) is 59.3 Å². The molecular formula is C79H151F15O11. The Morgan fingerprint density at radius 3 is 0.971 bits per heavy atom. The van der Waals surface area contributed by atoms with Crippen molar-refractivity contribution in [2.45, 2.75) is 410 Å².